The molecule has 1 heteroatoms. The van der Waals surface area contributed by atoms with Crippen molar-refractivity contribution in [2.45, 2.75) is 59.8 Å². The molecule has 0 heterocycles. The third kappa shape index (κ3) is 3.25. The summed E-state index contributed by atoms with van der Waals surface area (Å²) in [6.07, 6.45) is 7.69. The molecule has 1 saturated carbocycles. The van der Waals surface area contributed by atoms with E-state index < -0.39 is 0 Å². The Bertz CT molecular complexity index is 227. The highest BCUT2D eigenvalue weighted by Crippen LogP contribution is 2.46. The maximum Gasteiger partial charge on any atom is 0.0780 e. The smallest absolute Gasteiger partial charge is 0.0780 e. The van der Waals surface area contributed by atoms with Gasteiger partial charge in [-0.15, -0.1) is 0 Å². The SMILES string of the molecule is CC(=CO)CCC1C(C)CCCC1(C)C. The second-order valence-electron chi connectivity index (χ2n) is 5.98. The van der Waals surface area contributed by atoms with Crippen molar-refractivity contribution in [3.05, 3.63) is 11.8 Å². The molecule has 1 N–H and O–H groups in total. The molecule has 0 saturated heterocycles. The van der Waals surface area contributed by atoms with Crippen LogP contribution in [0.1, 0.15) is 59.8 Å². The number of hydrogen-bond acceptors (Lipinski definition) is 1. The van der Waals surface area contributed by atoms with Crippen molar-refractivity contribution in [2.24, 2.45) is 17.3 Å². The van der Waals surface area contributed by atoms with Gasteiger partial charge in [-0.05, 0) is 49.0 Å². The first-order chi connectivity index (χ1) is 6.97. The van der Waals surface area contributed by atoms with E-state index in [2.05, 4.69) is 20.8 Å². The van der Waals surface area contributed by atoms with Crippen LogP contribution in [-0.2, 0) is 0 Å². The third-order valence-corrected chi connectivity index (χ3v) is 4.24. The molecular formula is C14H26O. The highest BCUT2D eigenvalue weighted by Gasteiger charge is 2.36. The number of aliphatic hydroxyl groups is 1. The average Bonchev–Trinajstić information content (AvgIpc) is 2.15. The van der Waals surface area contributed by atoms with Gasteiger partial charge in [-0.3, -0.25) is 0 Å². The van der Waals surface area contributed by atoms with E-state index in [-0.39, 0.29) is 0 Å². The lowest BCUT2D eigenvalue weighted by Gasteiger charge is -2.43. The first-order valence-corrected chi connectivity index (χ1v) is 6.27. The van der Waals surface area contributed by atoms with Gasteiger partial charge >= 0.3 is 0 Å². The van der Waals surface area contributed by atoms with Crippen molar-refractivity contribution in [3.8, 4) is 0 Å². The summed E-state index contributed by atoms with van der Waals surface area (Å²) >= 11 is 0. The highest BCUT2D eigenvalue weighted by atomic mass is 16.2. The van der Waals surface area contributed by atoms with Crippen molar-refractivity contribution in [2.75, 3.05) is 0 Å². The standard InChI is InChI=1S/C14H26O/c1-11(10-15)7-8-13-12(2)6-5-9-14(13,3)4/h10,12-13,15H,5-9H2,1-4H3. The van der Waals surface area contributed by atoms with Gasteiger partial charge in [-0.1, -0.05) is 33.6 Å². The van der Waals surface area contributed by atoms with Gasteiger partial charge in [0.1, 0.15) is 0 Å². The Morgan fingerprint density at radius 3 is 2.67 bits per heavy atom. The summed E-state index contributed by atoms with van der Waals surface area (Å²) in [6.45, 7) is 9.22. The Balaban J connectivity index is 2.56. The lowest BCUT2D eigenvalue weighted by atomic mass is 9.62. The molecule has 2 atom stereocenters. The molecule has 1 rings (SSSR count). The van der Waals surface area contributed by atoms with Gasteiger partial charge < -0.3 is 5.11 Å². The van der Waals surface area contributed by atoms with E-state index in [1.807, 2.05) is 6.92 Å². The quantitative estimate of drug-likeness (QED) is 0.670. The predicted molar refractivity (Wildman–Crippen MR) is 65.9 cm³/mol. The minimum atomic E-state index is 0.493. The fraction of sp³-hybridized carbons (Fsp3) is 0.857. The molecule has 2 unspecified atom stereocenters. The third-order valence-electron chi connectivity index (χ3n) is 4.24. The molecule has 0 aromatic carbocycles. The molecule has 0 radical (unpaired) electrons. The lowest BCUT2D eigenvalue weighted by Crippen LogP contribution is -2.33. The van der Waals surface area contributed by atoms with Crippen molar-refractivity contribution in [3.63, 3.8) is 0 Å². The van der Waals surface area contributed by atoms with Gasteiger partial charge in [0.2, 0.25) is 0 Å². The lowest BCUT2D eigenvalue weighted by molar-refractivity contribution is 0.0766. The van der Waals surface area contributed by atoms with Crippen LogP contribution < -0.4 is 0 Å². The summed E-state index contributed by atoms with van der Waals surface area (Å²) < 4.78 is 0. The molecule has 1 aliphatic rings. The van der Waals surface area contributed by atoms with Crippen molar-refractivity contribution in [1.82, 2.24) is 0 Å². The predicted octanol–water partition coefficient (Wildman–Crippen LogP) is 4.69. The Morgan fingerprint density at radius 2 is 2.13 bits per heavy atom. The molecule has 0 aromatic rings. The molecule has 0 spiro atoms. The summed E-state index contributed by atoms with van der Waals surface area (Å²) in [5.41, 5.74) is 1.61. The number of allylic oxidation sites excluding steroid dienone is 1. The topological polar surface area (TPSA) is 20.2 Å². The van der Waals surface area contributed by atoms with Crippen LogP contribution in [0.3, 0.4) is 0 Å². The van der Waals surface area contributed by atoms with E-state index in [1.165, 1.54) is 31.9 Å². The first kappa shape index (κ1) is 12.6. The van der Waals surface area contributed by atoms with Gasteiger partial charge in [-0.2, -0.15) is 0 Å². The summed E-state index contributed by atoms with van der Waals surface area (Å²) in [6, 6.07) is 0. The molecule has 88 valence electrons. The zero-order valence-electron chi connectivity index (χ0n) is 10.7. The number of hydrogen-bond donors (Lipinski definition) is 1. The fourth-order valence-corrected chi connectivity index (χ4v) is 3.16. The number of aliphatic hydroxyl groups excluding tert-OH is 1. The maximum absolute atomic E-state index is 8.90. The number of rotatable bonds is 3. The van der Waals surface area contributed by atoms with Gasteiger partial charge in [0.15, 0.2) is 0 Å². The summed E-state index contributed by atoms with van der Waals surface area (Å²) in [7, 11) is 0. The van der Waals surface area contributed by atoms with E-state index in [1.54, 1.807) is 0 Å². The summed E-state index contributed by atoms with van der Waals surface area (Å²) in [4.78, 5) is 0. The Labute approximate surface area is 94.6 Å². The van der Waals surface area contributed by atoms with E-state index in [0.717, 1.165) is 23.8 Å². The van der Waals surface area contributed by atoms with E-state index in [9.17, 15) is 0 Å². The van der Waals surface area contributed by atoms with Crippen LogP contribution in [-0.4, -0.2) is 5.11 Å². The second kappa shape index (κ2) is 5.05. The minimum Gasteiger partial charge on any atom is -0.516 e. The second-order valence-corrected chi connectivity index (χ2v) is 5.98. The van der Waals surface area contributed by atoms with Gasteiger partial charge in [0.05, 0.1) is 6.26 Å². The van der Waals surface area contributed by atoms with Crippen LogP contribution in [0.25, 0.3) is 0 Å². The van der Waals surface area contributed by atoms with Gasteiger partial charge in [0, 0.05) is 0 Å². The van der Waals surface area contributed by atoms with Gasteiger partial charge in [0.25, 0.3) is 0 Å². The van der Waals surface area contributed by atoms with Crippen LogP contribution in [0.15, 0.2) is 11.8 Å². The molecule has 15 heavy (non-hydrogen) atoms. The van der Waals surface area contributed by atoms with E-state index in [4.69, 9.17) is 5.11 Å². The molecule has 0 aliphatic heterocycles. The fourth-order valence-electron chi connectivity index (χ4n) is 3.16. The Kier molecular flexibility index (Phi) is 4.24. The van der Waals surface area contributed by atoms with Gasteiger partial charge in [-0.25, -0.2) is 0 Å². The van der Waals surface area contributed by atoms with E-state index in [0.29, 0.717) is 5.41 Å². The van der Waals surface area contributed by atoms with Crippen LogP contribution in [0.2, 0.25) is 0 Å². The maximum atomic E-state index is 8.90. The Morgan fingerprint density at radius 1 is 1.47 bits per heavy atom. The zero-order chi connectivity index (χ0) is 11.5. The summed E-state index contributed by atoms with van der Waals surface area (Å²) in [5, 5.41) is 8.90. The van der Waals surface area contributed by atoms with Crippen molar-refractivity contribution in [1.29, 1.82) is 0 Å². The molecule has 0 bridgehead atoms. The largest absolute Gasteiger partial charge is 0.516 e. The van der Waals surface area contributed by atoms with Crippen molar-refractivity contribution >= 4 is 0 Å². The van der Waals surface area contributed by atoms with E-state index >= 15 is 0 Å². The molecule has 1 fully saturated rings. The normalized spacial score (nSPS) is 31.6. The molecule has 0 aromatic heterocycles. The first-order valence-electron chi connectivity index (χ1n) is 6.27. The summed E-state index contributed by atoms with van der Waals surface area (Å²) in [5.74, 6) is 1.67. The minimum absolute atomic E-state index is 0.493. The highest BCUT2D eigenvalue weighted by molar-refractivity contribution is 4.95. The van der Waals surface area contributed by atoms with Crippen LogP contribution in [0, 0.1) is 17.3 Å². The zero-order valence-corrected chi connectivity index (χ0v) is 10.7. The average molecular weight is 210 g/mol. The van der Waals surface area contributed by atoms with Crippen LogP contribution in [0.4, 0.5) is 0 Å². The monoisotopic (exact) mass is 210 g/mol. The molecule has 1 nitrogen and oxygen atoms in total. The molecular weight excluding hydrogens is 184 g/mol. The molecule has 0 amide bonds. The van der Waals surface area contributed by atoms with Crippen LogP contribution in [0.5, 0.6) is 0 Å². The Hall–Kier alpha value is -0.460. The van der Waals surface area contributed by atoms with Crippen molar-refractivity contribution < 1.29 is 5.11 Å². The van der Waals surface area contributed by atoms with Crippen LogP contribution >= 0.6 is 0 Å². The molecule has 1 aliphatic carbocycles.